The van der Waals surface area contributed by atoms with Crippen LogP contribution in [-0.4, -0.2) is 42.2 Å². The number of carbonyl (C=O) groups excluding carboxylic acids is 2. The molecule has 0 bridgehead atoms. The number of hydrogen-bond acceptors (Lipinski definition) is 7. The lowest BCUT2D eigenvalue weighted by Gasteiger charge is -2.09. The van der Waals surface area contributed by atoms with Crippen molar-refractivity contribution < 1.29 is 23.6 Å². The number of nitrogens with one attached hydrogen (secondary N) is 2. The van der Waals surface area contributed by atoms with Gasteiger partial charge in [0.25, 0.3) is 11.8 Å². The Hall–Kier alpha value is -3.88. The van der Waals surface area contributed by atoms with Crippen LogP contribution >= 0.6 is 0 Å². The minimum absolute atomic E-state index is 0.155. The average molecular weight is 424 g/mol. The molecule has 0 atom stereocenters. The van der Waals surface area contributed by atoms with Gasteiger partial charge in [0.15, 0.2) is 12.4 Å². The number of aryl methyl sites for hydroxylation is 2. The van der Waals surface area contributed by atoms with Gasteiger partial charge >= 0.3 is 0 Å². The lowest BCUT2D eigenvalue weighted by molar-refractivity contribution is -0.118. The number of anilines is 1. The topological polar surface area (TPSA) is 116 Å². The predicted molar refractivity (Wildman–Crippen MR) is 113 cm³/mol. The fraction of sp³-hybridized carbons (Fsp3) is 0.273. The van der Waals surface area contributed by atoms with Crippen LogP contribution in [0.4, 0.5) is 5.69 Å². The molecule has 2 amide bonds. The van der Waals surface area contributed by atoms with E-state index in [1.54, 1.807) is 62.6 Å². The van der Waals surface area contributed by atoms with Crippen molar-refractivity contribution in [2.75, 3.05) is 25.6 Å². The van der Waals surface area contributed by atoms with Crippen LogP contribution < -0.4 is 20.1 Å². The highest BCUT2D eigenvalue weighted by atomic mass is 16.5. The summed E-state index contributed by atoms with van der Waals surface area (Å²) in [5, 5.41) is 9.30. The molecule has 0 saturated carbocycles. The van der Waals surface area contributed by atoms with Crippen molar-refractivity contribution in [3.8, 4) is 11.5 Å². The first-order chi connectivity index (χ1) is 15.0. The van der Waals surface area contributed by atoms with Crippen molar-refractivity contribution in [2.45, 2.75) is 19.8 Å². The number of ether oxygens (including phenoxy) is 2. The summed E-state index contributed by atoms with van der Waals surface area (Å²) in [5.41, 5.74) is 1.12. The first-order valence-electron chi connectivity index (χ1n) is 9.77. The van der Waals surface area contributed by atoms with Gasteiger partial charge in [-0.05, 0) is 49.7 Å². The van der Waals surface area contributed by atoms with E-state index in [-0.39, 0.29) is 18.4 Å². The third-order valence-electron chi connectivity index (χ3n) is 4.26. The Kier molecular flexibility index (Phi) is 7.58. The molecule has 31 heavy (non-hydrogen) atoms. The minimum atomic E-state index is -0.300. The van der Waals surface area contributed by atoms with E-state index in [1.807, 2.05) is 0 Å². The van der Waals surface area contributed by atoms with Gasteiger partial charge in [-0.1, -0.05) is 11.2 Å². The van der Waals surface area contributed by atoms with Gasteiger partial charge < -0.3 is 24.6 Å². The summed E-state index contributed by atoms with van der Waals surface area (Å²) in [5.74, 6) is 1.81. The highest BCUT2D eigenvalue weighted by Gasteiger charge is 2.08. The molecular weight excluding hydrogens is 400 g/mol. The zero-order valence-electron chi connectivity index (χ0n) is 17.4. The molecule has 0 spiro atoms. The summed E-state index contributed by atoms with van der Waals surface area (Å²) in [6.45, 7) is 2.09. The Morgan fingerprint density at radius 1 is 1.10 bits per heavy atom. The molecule has 1 aromatic heterocycles. The van der Waals surface area contributed by atoms with Crippen molar-refractivity contribution in [2.24, 2.45) is 0 Å². The van der Waals surface area contributed by atoms with Crippen LogP contribution in [0.15, 0.2) is 53.1 Å². The summed E-state index contributed by atoms with van der Waals surface area (Å²) < 4.78 is 15.6. The molecule has 0 radical (unpaired) electrons. The molecule has 9 heteroatoms. The van der Waals surface area contributed by atoms with Gasteiger partial charge in [-0.2, -0.15) is 4.98 Å². The molecule has 3 aromatic rings. The summed E-state index contributed by atoms with van der Waals surface area (Å²) in [7, 11) is 1.56. The van der Waals surface area contributed by atoms with Crippen molar-refractivity contribution in [3.05, 3.63) is 65.8 Å². The van der Waals surface area contributed by atoms with E-state index in [9.17, 15) is 9.59 Å². The summed E-state index contributed by atoms with van der Waals surface area (Å²) in [4.78, 5) is 28.4. The molecule has 2 N–H and O–H groups in total. The second kappa shape index (κ2) is 10.8. The van der Waals surface area contributed by atoms with E-state index in [1.165, 1.54) is 0 Å². The maximum Gasteiger partial charge on any atom is 0.262 e. The molecular formula is C22H24N4O5. The van der Waals surface area contributed by atoms with Crippen LogP contribution in [0.3, 0.4) is 0 Å². The van der Waals surface area contributed by atoms with E-state index in [0.29, 0.717) is 53.9 Å². The van der Waals surface area contributed by atoms with E-state index in [2.05, 4.69) is 20.8 Å². The number of nitrogens with zero attached hydrogens (tertiary/aromatic N) is 2. The first kappa shape index (κ1) is 21.8. The van der Waals surface area contributed by atoms with Crippen molar-refractivity contribution in [3.63, 3.8) is 0 Å². The maximum absolute atomic E-state index is 12.2. The van der Waals surface area contributed by atoms with Crippen molar-refractivity contribution >= 4 is 17.5 Å². The molecule has 0 saturated heterocycles. The smallest absolute Gasteiger partial charge is 0.262 e. The van der Waals surface area contributed by atoms with E-state index in [4.69, 9.17) is 14.0 Å². The number of aromatic nitrogens is 2. The maximum atomic E-state index is 12.2. The Bertz CT molecular complexity index is 1020. The summed E-state index contributed by atoms with van der Waals surface area (Å²) in [6.07, 6.45) is 1.29. The second-order valence-electron chi connectivity index (χ2n) is 6.69. The third kappa shape index (κ3) is 6.84. The van der Waals surface area contributed by atoms with Crippen LogP contribution in [0.1, 0.15) is 28.5 Å². The number of rotatable bonds is 10. The molecule has 2 aromatic carbocycles. The monoisotopic (exact) mass is 424 g/mol. The SMILES string of the molecule is COc1cccc(NC(=O)COc2ccc(C(=O)NCCCc3nc(C)no3)cc2)c1. The fourth-order valence-electron chi connectivity index (χ4n) is 2.73. The number of amides is 2. The van der Waals surface area contributed by atoms with Crippen LogP contribution in [0.5, 0.6) is 11.5 Å². The van der Waals surface area contributed by atoms with E-state index in [0.717, 1.165) is 0 Å². The van der Waals surface area contributed by atoms with Gasteiger partial charge in [0, 0.05) is 30.3 Å². The number of hydrogen-bond donors (Lipinski definition) is 2. The molecule has 0 unspecified atom stereocenters. The quantitative estimate of drug-likeness (QED) is 0.481. The molecule has 1 heterocycles. The van der Waals surface area contributed by atoms with E-state index >= 15 is 0 Å². The molecule has 9 nitrogen and oxygen atoms in total. The Labute approximate surface area is 179 Å². The van der Waals surface area contributed by atoms with Crippen LogP contribution in [0, 0.1) is 6.92 Å². The molecule has 0 aliphatic carbocycles. The Morgan fingerprint density at radius 3 is 2.61 bits per heavy atom. The zero-order valence-corrected chi connectivity index (χ0v) is 17.4. The van der Waals surface area contributed by atoms with E-state index < -0.39 is 0 Å². The highest BCUT2D eigenvalue weighted by molar-refractivity contribution is 5.94. The number of methoxy groups -OCH3 is 1. The van der Waals surface area contributed by atoms with Gasteiger partial charge in [-0.3, -0.25) is 9.59 Å². The van der Waals surface area contributed by atoms with Gasteiger partial charge in [0.1, 0.15) is 11.5 Å². The van der Waals surface area contributed by atoms with Gasteiger partial charge in [0.05, 0.1) is 7.11 Å². The summed E-state index contributed by atoms with van der Waals surface area (Å²) >= 11 is 0. The van der Waals surface area contributed by atoms with Crippen LogP contribution in [0.25, 0.3) is 0 Å². The van der Waals surface area contributed by atoms with Gasteiger partial charge in [0.2, 0.25) is 5.89 Å². The highest BCUT2D eigenvalue weighted by Crippen LogP contribution is 2.17. The standard InChI is InChI=1S/C22H24N4O5/c1-15-24-21(31-26-15)7-4-12-23-22(28)16-8-10-18(11-9-16)30-14-20(27)25-17-5-3-6-19(13-17)29-2/h3,5-6,8-11,13H,4,7,12,14H2,1-2H3,(H,23,28)(H,25,27). The average Bonchev–Trinajstić information content (AvgIpc) is 3.20. The van der Waals surface area contributed by atoms with Gasteiger partial charge in [-0.25, -0.2) is 0 Å². The molecule has 3 rings (SSSR count). The predicted octanol–water partition coefficient (Wildman–Crippen LogP) is 2.77. The molecule has 162 valence electrons. The molecule has 0 aliphatic heterocycles. The Morgan fingerprint density at radius 2 is 1.90 bits per heavy atom. The Balaban J connectivity index is 1.39. The second-order valence-corrected chi connectivity index (χ2v) is 6.69. The number of benzene rings is 2. The van der Waals surface area contributed by atoms with Crippen molar-refractivity contribution in [1.29, 1.82) is 0 Å². The summed E-state index contributed by atoms with van der Waals surface area (Å²) in [6, 6.07) is 13.6. The third-order valence-corrected chi connectivity index (χ3v) is 4.26. The fourth-order valence-corrected chi connectivity index (χ4v) is 2.73. The molecule has 0 fully saturated rings. The van der Waals surface area contributed by atoms with Gasteiger partial charge in [-0.15, -0.1) is 0 Å². The molecule has 0 aliphatic rings. The first-order valence-corrected chi connectivity index (χ1v) is 9.77. The van der Waals surface area contributed by atoms with Crippen molar-refractivity contribution in [1.82, 2.24) is 15.5 Å². The largest absolute Gasteiger partial charge is 0.497 e. The van der Waals surface area contributed by atoms with Crippen LogP contribution in [-0.2, 0) is 11.2 Å². The lowest BCUT2D eigenvalue weighted by atomic mass is 10.2. The normalized spacial score (nSPS) is 10.4. The lowest BCUT2D eigenvalue weighted by Crippen LogP contribution is -2.24. The minimum Gasteiger partial charge on any atom is -0.497 e. The van der Waals surface area contributed by atoms with Crippen LogP contribution in [0.2, 0.25) is 0 Å². The number of carbonyl (C=O) groups is 2. The zero-order chi connectivity index (χ0) is 22.1.